The molecule has 38 nitrogen and oxygen atoms in total. The van der Waals surface area contributed by atoms with Crippen molar-refractivity contribution in [2.75, 3.05) is 56.4 Å². The highest BCUT2D eigenvalue weighted by molar-refractivity contribution is 7.90. The molecule has 0 unspecified atom stereocenters. The van der Waals surface area contributed by atoms with Crippen LogP contribution >= 0.6 is 0 Å². The van der Waals surface area contributed by atoms with Gasteiger partial charge in [0.1, 0.15) is 92.4 Å². The molecular formula is C106H96N20O18S4. The van der Waals surface area contributed by atoms with E-state index >= 15 is 0 Å². The zero-order valence-corrected chi connectivity index (χ0v) is 84.1. The molecule has 0 saturated carbocycles. The smallest absolute Gasteiger partial charge is 0.300 e. The van der Waals surface area contributed by atoms with Crippen LogP contribution in [0.15, 0.2) is 376 Å². The molecule has 0 radical (unpaired) electrons. The van der Waals surface area contributed by atoms with Crippen molar-refractivity contribution in [3.63, 3.8) is 0 Å². The monoisotopic (exact) mass is 2060 g/mol. The first-order valence-corrected chi connectivity index (χ1v) is 50.3. The van der Waals surface area contributed by atoms with Crippen LogP contribution in [0.1, 0.15) is 52.2 Å². The Bertz CT molecular complexity index is 7260. The topological polar surface area (TPSA) is 522 Å². The molecular weight excluding hydrogens is 1970 g/mol. The molecule has 0 aliphatic heterocycles. The molecule has 752 valence electrons. The van der Waals surface area contributed by atoms with Gasteiger partial charge in [-0.2, -0.15) is 41.4 Å². The average molecular weight is 2070 g/mol. The molecule has 16 aromatic rings. The molecule has 8 aromatic heterocycles. The highest BCUT2D eigenvalue weighted by Crippen LogP contribution is 2.35. The summed E-state index contributed by atoms with van der Waals surface area (Å²) in [6, 6.07) is 84.2. The highest BCUT2D eigenvalue weighted by atomic mass is 32.2. The van der Waals surface area contributed by atoms with Crippen molar-refractivity contribution in [2.24, 2.45) is 0 Å². The number of hydrogen-bond donors (Lipinski definition) is 5. The summed E-state index contributed by atoms with van der Waals surface area (Å²) >= 11 is 0. The number of furan rings is 4. The largest absolute Gasteiger partial charge is 0.481 e. The number of aliphatic carboxylic acids is 1. The van der Waals surface area contributed by atoms with Gasteiger partial charge in [0.25, 0.3) is 29.6 Å². The van der Waals surface area contributed by atoms with Gasteiger partial charge in [0, 0.05) is 133 Å². The molecule has 0 aliphatic rings. The molecule has 5 N–H and O–H groups in total. The fourth-order valence-corrected chi connectivity index (χ4v) is 17.5. The lowest BCUT2D eigenvalue weighted by molar-refractivity contribution is -0.134. The van der Waals surface area contributed by atoms with Gasteiger partial charge in [-0.1, -0.05) is 121 Å². The van der Waals surface area contributed by atoms with Crippen molar-refractivity contribution >= 4 is 94.0 Å². The summed E-state index contributed by atoms with van der Waals surface area (Å²) in [6.45, 7) is 1.60. The van der Waals surface area contributed by atoms with Gasteiger partial charge in [0.05, 0.1) is 93.6 Å². The van der Waals surface area contributed by atoms with Crippen LogP contribution in [0.5, 0.6) is 0 Å². The molecule has 4 amide bonds. The normalized spacial score (nSPS) is 11.7. The molecule has 0 aliphatic carbocycles. The van der Waals surface area contributed by atoms with E-state index < -0.39 is 69.7 Å². The number of benzene rings is 8. The maximum atomic E-state index is 12.7. The average Bonchev–Trinajstić information content (AvgIpc) is 1.55. The van der Waals surface area contributed by atoms with Gasteiger partial charge in [-0.15, -0.1) is 0 Å². The zero-order chi connectivity index (χ0) is 106. The molecule has 8 aromatic carbocycles. The fourth-order valence-electron chi connectivity index (χ4n) is 13.7. The van der Waals surface area contributed by atoms with Crippen molar-refractivity contribution in [3.05, 3.63) is 384 Å². The zero-order valence-electron chi connectivity index (χ0n) is 80.8. The highest BCUT2D eigenvalue weighted by Gasteiger charge is 2.28. The van der Waals surface area contributed by atoms with Gasteiger partial charge in [-0.05, 0) is 170 Å². The molecule has 42 heteroatoms. The van der Waals surface area contributed by atoms with Gasteiger partial charge < -0.3 is 44.0 Å². The first-order chi connectivity index (χ1) is 70.9. The quantitative estimate of drug-likeness (QED) is 0.0193. The molecule has 0 atom stereocenters. The van der Waals surface area contributed by atoms with Crippen molar-refractivity contribution in [1.29, 1.82) is 21.0 Å². The molecule has 0 saturated heterocycles. The second-order valence-electron chi connectivity index (χ2n) is 32.4. The van der Waals surface area contributed by atoms with Crippen LogP contribution in [-0.4, -0.2) is 181 Å². The number of sulfonamides is 4. The van der Waals surface area contributed by atoms with Crippen LogP contribution in [0.25, 0.3) is 92.1 Å². The summed E-state index contributed by atoms with van der Waals surface area (Å²) in [4.78, 5) is 60.2. The summed E-state index contributed by atoms with van der Waals surface area (Å²) < 4.78 is 133. The number of carbonyl (C=O) groups excluding carboxylic acids is 4. The van der Waals surface area contributed by atoms with Crippen molar-refractivity contribution < 1.29 is 80.4 Å². The van der Waals surface area contributed by atoms with E-state index in [0.717, 1.165) is 46.9 Å². The second-order valence-corrected chi connectivity index (χ2v) is 41.0. The van der Waals surface area contributed by atoms with E-state index in [4.69, 9.17) is 27.6 Å². The third-order valence-corrected chi connectivity index (χ3v) is 28.5. The van der Waals surface area contributed by atoms with E-state index in [1.54, 1.807) is 141 Å². The van der Waals surface area contributed by atoms with Gasteiger partial charge in [0.2, 0.25) is 40.1 Å². The lowest BCUT2D eigenvalue weighted by atomic mass is 10.1. The number of hydrogen-bond acceptors (Lipinski definition) is 25. The van der Waals surface area contributed by atoms with Crippen molar-refractivity contribution in [2.45, 2.75) is 52.7 Å². The SMILES string of the molecule is CC(=O)O.CN(C)S(=O)(=O)c1cccc(-c2nn(-c3ccccc3)cc2/C=C(\C#N)C(=O)NCc2ccco2)c1.CN(C)S(=O)(=O)c1cccc(-c2nn(-c3ccccc3)cc2/C=C(\C#N)C(=O)NCc2ccco2)c1.CN(C)S(=O)(=O)c1cccc(-c2nn(-c3ccccc3)cc2/C=C(\C#N)C(=O)NCc2ccco2)c1.CN(C)S(=O)(=O)c1cccc(-c2nn(-c3ccccc3)cc2/C=C(\C#N)C(=O)NCc2ccco2)c1. The van der Waals surface area contributed by atoms with Crippen LogP contribution in [0.4, 0.5) is 0 Å². The Labute approximate surface area is 853 Å². The summed E-state index contributed by atoms with van der Waals surface area (Å²) in [5.41, 5.74) is 8.17. The molecule has 0 spiro atoms. The summed E-state index contributed by atoms with van der Waals surface area (Å²) in [5.74, 6) is -0.913. The summed E-state index contributed by atoms with van der Waals surface area (Å²) in [6.07, 6.45) is 18.5. The standard InChI is InChI=1S/4C26H23N5O4S.C2H4O2/c4*1-30(2)36(33,34)24-12-6-8-19(15-24)25-21(18-31(29-25)22-9-4-3-5-10-22)14-20(16-27)26(32)28-17-23-11-7-13-35-23;1-2(3)4/h4*3-15,18H,17H2,1-2H3,(H,28,32);1H3,(H,3,4)/b4*20-14+;. The van der Waals surface area contributed by atoms with Gasteiger partial charge in [-0.25, -0.2) is 69.6 Å². The lowest BCUT2D eigenvalue weighted by Crippen LogP contribution is -2.23. The van der Waals surface area contributed by atoms with Gasteiger partial charge >= 0.3 is 0 Å². The minimum atomic E-state index is -3.68. The lowest BCUT2D eigenvalue weighted by Gasteiger charge is -2.12. The Morgan fingerprint density at radius 1 is 0.304 bits per heavy atom. The Morgan fingerprint density at radius 2 is 0.493 bits per heavy atom. The van der Waals surface area contributed by atoms with E-state index in [2.05, 4.69) is 41.7 Å². The number of nitrogens with one attached hydrogen (secondary N) is 4. The molecule has 148 heavy (non-hydrogen) atoms. The number of rotatable bonds is 32. The number of amides is 4. The Balaban J connectivity index is 0.000000173. The molecule has 8 heterocycles. The number of nitriles is 4. The van der Waals surface area contributed by atoms with Crippen LogP contribution in [0.2, 0.25) is 0 Å². The van der Waals surface area contributed by atoms with Gasteiger partial charge in [0.15, 0.2) is 0 Å². The third kappa shape index (κ3) is 28.2. The Hall–Kier alpha value is -18.4. The number of carboxylic acid groups (broad SMARTS) is 1. The van der Waals surface area contributed by atoms with E-state index in [9.17, 15) is 73.9 Å². The predicted molar refractivity (Wildman–Crippen MR) is 549 cm³/mol. The molecule has 0 bridgehead atoms. The van der Waals surface area contributed by atoms with Crippen LogP contribution in [0, 0.1) is 45.3 Å². The summed E-state index contributed by atoms with van der Waals surface area (Å²) in [7, 11) is -3.04. The summed E-state index contributed by atoms with van der Waals surface area (Å²) in [5, 5.41) is 75.5. The van der Waals surface area contributed by atoms with Crippen molar-refractivity contribution in [1.82, 2.24) is 77.6 Å². The fraction of sp³-hybridized carbons (Fsp3) is 0.123. The predicted octanol–water partition coefficient (Wildman–Crippen LogP) is 14.5. The Morgan fingerprint density at radius 3 is 0.655 bits per heavy atom. The molecule has 0 fully saturated rings. The number of para-hydroxylation sites is 4. The maximum absolute atomic E-state index is 12.7. The first kappa shape index (κ1) is 108. The Kier molecular flexibility index (Phi) is 36.7. The van der Waals surface area contributed by atoms with Crippen LogP contribution in [-0.2, 0) is 90.2 Å². The van der Waals surface area contributed by atoms with Crippen molar-refractivity contribution in [3.8, 4) is 92.1 Å². The van der Waals surface area contributed by atoms with Gasteiger partial charge in [-0.3, -0.25) is 24.0 Å². The number of nitrogens with zero attached hydrogens (tertiary/aromatic N) is 16. The van der Waals surface area contributed by atoms with E-state index in [1.165, 1.54) is 154 Å². The minimum absolute atomic E-state index is 0.103. The first-order valence-electron chi connectivity index (χ1n) is 44.5. The van der Waals surface area contributed by atoms with E-state index in [0.29, 0.717) is 90.3 Å². The van der Waals surface area contributed by atoms with E-state index in [-0.39, 0.29) is 68.1 Å². The van der Waals surface area contributed by atoms with Crippen LogP contribution in [0.3, 0.4) is 0 Å². The number of aromatic nitrogens is 8. The second kappa shape index (κ2) is 50.0. The molecule has 16 rings (SSSR count). The number of carbonyl (C=O) groups is 5. The minimum Gasteiger partial charge on any atom is -0.481 e. The van der Waals surface area contributed by atoms with Crippen LogP contribution < -0.4 is 21.3 Å². The number of carboxylic acids is 1. The van der Waals surface area contributed by atoms with E-state index in [1.807, 2.05) is 146 Å². The maximum Gasteiger partial charge on any atom is 0.300 e. The third-order valence-electron chi connectivity index (χ3n) is 21.3.